The Kier molecular flexibility index (Phi) is 14.5. The molecule has 1 aromatic rings. The first-order chi connectivity index (χ1) is 19.0. The maximum Gasteiger partial charge on any atom is 0.519 e. The summed E-state index contributed by atoms with van der Waals surface area (Å²) in [6.45, 7) is 8.71. The lowest BCUT2D eigenvalue weighted by Gasteiger charge is -2.25. The van der Waals surface area contributed by atoms with E-state index in [4.69, 9.17) is 32.5 Å². The molecule has 0 aliphatic carbocycles. The average molecular weight is 624 g/mol. The van der Waals surface area contributed by atoms with Crippen LogP contribution in [0.2, 0.25) is 0 Å². The van der Waals surface area contributed by atoms with Gasteiger partial charge in [0, 0.05) is 5.75 Å². The summed E-state index contributed by atoms with van der Waals surface area (Å²) in [5.41, 5.74) is 0. The van der Waals surface area contributed by atoms with Crippen molar-refractivity contribution in [2.75, 3.05) is 19.3 Å². The molecule has 41 heavy (non-hydrogen) atoms. The van der Waals surface area contributed by atoms with Crippen molar-refractivity contribution in [2.24, 2.45) is 11.8 Å². The number of amides is 1. The third-order valence-corrected chi connectivity index (χ3v) is 6.56. The van der Waals surface area contributed by atoms with E-state index in [1.165, 1.54) is 20.8 Å². The number of nitrogens with one attached hydrogen (secondary N) is 1. The number of aryl methyl sites for hydroxylation is 1. The zero-order valence-corrected chi connectivity index (χ0v) is 25.2. The number of thioether (sulfide) groups is 2. The Morgan fingerprint density at radius 2 is 1.34 bits per heavy atom. The molecule has 1 atom stereocenters. The number of carbonyl (C=O) groups excluding carboxylic acids is 6. The van der Waals surface area contributed by atoms with Crippen LogP contribution in [0.3, 0.4) is 0 Å². The molecule has 230 valence electrons. The summed E-state index contributed by atoms with van der Waals surface area (Å²) in [6, 6.07) is -1.44. The molecule has 0 aromatic carbocycles. The maximum atomic E-state index is 13.0. The Balaban J connectivity index is 2.82. The number of rotatable bonds is 14. The van der Waals surface area contributed by atoms with E-state index in [2.05, 4.69) is 5.32 Å². The monoisotopic (exact) mass is 623 g/mol. The lowest BCUT2D eigenvalue weighted by molar-refractivity contribution is -0.156. The van der Waals surface area contributed by atoms with Gasteiger partial charge in [-0.05, 0) is 44.3 Å². The summed E-state index contributed by atoms with van der Waals surface area (Å²) in [4.78, 5) is 84.2. The van der Waals surface area contributed by atoms with Crippen LogP contribution in [0.4, 0.5) is 9.59 Å². The fourth-order valence-electron chi connectivity index (χ4n) is 2.33. The molecule has 0 saturated heterocycles. The highest BCUT2D eigenvalue weighted by atomic mass is 32.2. The molecule has 17 heteroatoms. The topological polar surface area (TPSA) is 204 Å². The Labute approximate surface area is 243 Å². The second kappa shape index (κ2) is 16.7. The van der Waals surface area contributed by atoms with Crippen LogP contribution in [-0.4, -0.2) is 64.5 Å². The van der Waals surface area contributed by atoms with Crippen molar-refractivity contribution in [3.05, 3.63) is 22.1 Å². The van der Waals surface area contributed by atoms with Crippen LogP contribution in [0.15, 0.2) is 13.6 Å². The van der Waals surface area contributed by atoms with Crippen LogP contribution in [0.5, 0.6) is 0 Å². The number of esters is 3. The van der Waals surface area contributed by atoms with Crippen molar-refractivity contribution >= 4 is 57.9 Å². The van der Waals surface area contributed by atoms with Gasteiger partial charge in [0.1, 0.15) is 6.04 Å². The lowest BCUT2D eigenvalue weighted by Crippen LogP contribution is -2.50. The van der Waals surface area contributed by atoms with Crippen LogP contribution in [0, 0.1) is 18.8 Å². The molecule has 0 unspecified atom stereocenters. The van der Waals surface area contributed by atoms with Gasteiger partial charge < -0.3 is 37.8 Å². The first kappa shape index (κ1) is 35.6. The molecule has 15 nitrogen and oxygen atoms in total. The second-order valence-electron chi connectivity index (χ2n) is 9.25. The number of hydrogen-bond acceptors (Lipinski definition) is 16. The first-order valence-corrected chi connectivity index (χ1v) is 13.9. The van der Waals surface area contributed by atoms with Crippen LogP contribution >= 0.6 is 23.5 Å². The summed E-state index contributed by atoms with van der Waals surface area (Å²) in [6.07, 6.45) is 0. The standard InChI is InChI=1S/C24H33NO14S2/c1-12(2)17(26)34-10-36-22(31)40-9-15(19(28)33-8-16-14(5)38-21(30)39-16)25-20(29)24(6,7)41-23(32)37-11-35-18(27)13(3)4/h12-13,15H,8-11H2,1-7H3,(H,25,29)/t15-/m0/s1. The van der Waals surface area contributed by atoms with E-state index < -0.39 is 83.1 Å². The van der Waals surface area contributed by atoms with Gasteiger partial charge in [-0.1, -0.05) is 27.7 Å². The van der Waals surface area contributed by atoms with E-state index in [1.807, 2.05) is 0 Å². The van der Waals surface area contributed by atoms with Crippen molar-refractivity contribution < 1.29 is 61.3 Å². The third kappa shape index (κ3) is 13.2. The van der Waals surface area contributed by atoms with Crippen molar-refractivity contribution in [1.29, 1.82) is 0 Å². The van der Waals surface area contributed by atoms with Gasteiger partial charge in [0.2, 0.25) is 19.5 Å². The Morgan fingerprint density at radius 3 is 1.83 bits per heavy atom. The van der Waals surface area contributed by atoms with E-state index in [1.54, 1.807) is 27.7 Å². The van der Waals surface area contributed by atoms with Gasteiger partial charge in [0.05, 0.1) is 16.6 Å². The SMILES string of the molecule is Cc1oc(=O)oc1COC(=O)[C@H](CSC(=O)OCOC(=O)C(C)C)NC(=O)C(C)(C)SC(=O)OCOC(=O)C(C)C. The maximum absolute atomic E-state index is 13.0. The largest absolute Gasteiger partial charge is 0.519 e. The minimum absolute atomic E-state index is 0.0655. The predicted octanol–water partition coefficient (Wildman–Crippen LogP) is 2.90. The number of hydrogen-bond donors (Lipinski definition) is 1. The summed E-state index contributed by atoms with van der Waals surface area (Å²) in [5, 5.41) is 0.547. The fourth-order valence-corrected chi connectivity index (χ4v) is 3.66. The summed E-state index contributed by atoms with van der Waals surface area (Å²) >= 11 is 0.931. The smallest absolute Gasteiger partial charge is 0.456 e. The van der Waals surface area contributed by atoms with Crippen molar-refractivity contribution in [2.45, 2.75) is 65.9 Å². The molecular weight excluding hydrogens is 590 g/mol. The van der Waals surface area contributed by atoms with Gasteiger partial charge in [-0.15, -0.1) is 0 Å². The lowest BCUT2D eigenvalue weighted by atomic mass is 10.2. The van der Waals surface area contributed by atoms with E-state index in [9.17, 15) is 33.6 Å². The Morgan fingerprint density at radius 1 is 0.805 bits per heavy atom. The van der Waals surface area contributed by atoms with E-state index in [-0.39, 0.29) is 17.3 Å². The van der Waals surface area contributed by atoms with E-state index in [0.717, 1.165) is 0 Å². The second-order valence-corrected chi connectivity index (χ2v) is 11.8. The molecule has 0 bridgehead atoms. The van der Waals surface area contributed by atoms with Gasteiger partial charge in [0.25, 0.3) is 0 Å². The highest BCUT2D eigenvalue weighted by Gasteiger charge is 2.36. The predicted molar refractivity (Wildman–Crippen MR) is 142 cm³/mol. The Bertz CT molecular complexity index is 1150. The zero-order chi connectivity index (χ0) is 31.3. The normalized spacial score (nSPS) is 11.9. The van der Waals surface area contributed by atoms with Crippen LogP contribution in [0.25, 0.3) is 0 Å². The van der Waals surface area contributed by atoms with Crippen LogP contribution < -0.4 is 11.1 Å². The molecular formula is C24H33NO14S2. The molecule has 1 heterocycles. The molecule has 0 aliphatic heterocycles. The zero-order valence-electron chi connectivity index (χ0n) is 23.6. The summed E-state index contributed by atoms with van der Waals surface area (Å²) < 4.78 is 32.2. The molecule has 0 saturated carbocycles. The minimum Gasteiger partial charge on any atom is -0.456 e. The molecule has 1 N–H and O–H groups in total. The summed E-state index contributed by atoms with van der Waals surface area (Å²) in [7, 11) is 0. The van der Waals surface area contributed by atoms with Crippen LogP contribution in [0.1, 0.15) is 53.1 Å². The fraction of sp³-hybridized carbons (Fsp3) is 0.625. The highest BCUT2D eigenvalue weighted by Crippen LogP contribution is 2.27. The van der Waals surface area contributed by atoms with Gasteiger partial charge in [-0.3, -0.25) is 14.4 Å². The highest BCUT2D eigenvalue weighted by molar-refractivity contribution is 8.15. The third-order valence-electron chi connectivity index (χ3n) is 4.72. The van der Waals surface area contributed by atoms with E-state index in [0.29, 0.717) is 23.5 Å². The molecule has 0 spiro atoms. The first-order valence-electron chi connectivity index (χ1n) is 12.1. The Hall–Kier alpha value is -3.47. The van der Waals surface area contributed by atoms with Crippen LogP contribution in [-0.2, 0) is 49.5 Å². The molecule has 0 radical (unpaired) electrons. The van der Waals surface area contributed by atoms with Crippen molar-refractivity contribution in [3.63, 3.8) is 0 Å². The van der Waals surface area contributed by atoms with E-state index >= 15 is 0 Å². The van der Waals surface area contributed by atoms with Crippen molar-refractivity contribution in [1.82, 2.24) is 5.32 Å². The van der Waals surface area contributed by atoms with Gasteiger partial charge in [0.15, 0.2) is 18.1 Å². The molecule has 1 amide bonds. The van der Waals surface area contributed by atoms with Gasteiger partial charge >= 0.3 is 34.3 Å². The average Bonchev–Trinajstić information content (AvgIpc) is 3.20. The van der Waals surface area contributed by atoms with Gasteiger partial charge in [-0.2, -0.15) is 0 Å². The number of ether oxygens (including phenoxy) is 5. The van der Waals surface area contributed by atoms with Gasteiger partial charge in [-0.25, -0.2) is 19.2 Å². The molecule has 1 rings (SSSR count). The molecule has 1 aromatic heterocycles. The quantitative estimate of drug-likeness (QED) is 0.180. The molecule has 0 fully saturated rings. The summed E-state index contributed by atoms with van der Waals surface area (Å²) in [5.74, 6) is -5.24. The number of carbonyl (C=O) groups is 6. The minimum atomic E-state index is -1.50. The van der Waals surface area contributed by atoms with Crippen molar-refractivity contribution in [3.8, 4) is 0 Å². The molecule has 0 aliphatic rings.